The van der Waals surface area contributed by atoms with Gasteiger partial charge in [0, 0.05) is 25.7 Å². The summed E-state index contributed by atoms with van der Waals surface area (Å²) in [5.74, 6) is 0.920. The monoisotopic (exact) mass is 225 g/mol. The van der Waals surface area contributed by atoms with Gasteiger partial charge in [-0.1, -0.05) is 0 Å². The Bertz CT molecular complexity index is 199. The fourth-order valence-corrected chi connectivity index (χ4v) is 3.02. The summed E-state index contributed by atoms with van der Waals surface area (Å²) in [7, 11) is 2.24. The smallest absolute Gasteiger partial charge is 0.0109 e. The van der Waals surface area contributed by atoms with Crippen LogP contribution < -0.4 is 5.73 Å². The Kier molecular flexibility index (Phi) is 4.62. The molecule has 1 saturated carbocycles. The SMILES string of the molecule is CN1CCCN(CC2CCC(N)CC2)CC1. The molecule has 2 fully saturated rings. The van der Waals surface area contributed by atoms with Crippen LogP contribution in [0.3, 0.4) is 0 Å². The largest absolute Gasteiger partial charge is 0.328 e. The molecule has 0 spiro atoms. The molecule has 2 aliphatic rings. The second-order valence-electron chi connectivity index (χ2n) is 5.74. The van der Waals surface area contributed by atoms with Gasteiger partial charge < -0.3 is 15.5 Å². The van der Waals surface area contributed by atoms with Crippen molar-refractivity contribution in [2.45, 2.75) is 38.1 Å². The third-order valence-corrected chi connectivity index (χ3v) is 4.22. The Morgan fingerprint density at radius 2 is 1.75 bits per heavy atom. The molecule has 0 aromatic carbocycles. The molecule has 1 aliphatic heterocycles. The summed E-state index contributed by atoms with van der Waals surface area (Å²) >= 11 is 0. The summed E-state index contributed by atoms with van der Waals surface area (Å²) in [6, 6.07) is 0.492. The van der Waals surface area contributed by atoms with Gasteiger partial charge in [0.25, 0.3) is 0 Å². The van der Waals surface area contributed by atoms with Gasteiger partial charge in [0.1, 0.15) is 0 Å². The molecule has 16 heavy (non-hydrogen) atoms. The summed E-state index contributed by atoms with van der Waals surface area (Å²) in [5.41, 5.74) is 5.95. The average Bonchev–Trinajstić information content (AvgIpc) is 2.47. The minimum Gasteiger partial charge on any atom is -0.328 e. The van der Waals surface area contributed by atoms with E-state index in [2.05, 4.69) is 16.8 Å². The van der Waals surface area contributed by atoms with Gasteiger partial charge in [-0.2, -0.15) is 0 Å². The quantitative estimate of drug-likeness (QED) is 0.765. The van der Waals surface area contributed by atoms with Crippen LogP contribution in [0.15, 0.2) is 0 Å². The minimum absolute atomic E-state index is 0.492. The Labute approximate surface area is 100.0 Å². The molecule has 94 valence electrons. The topological polar surface area (TPSA) is 32.5 Å². The first-order valence-corrected chi connectivity index (χ1v) is 6.90. The fourth-order valence-electron chi connectivity index (χ4n) is 3.02. The van der Waals surface area contributed by atoms with Gasteiger partial charge in [0.05, 0.1) is 0 Å². The predicted octanol–water partition coefficient (Wildman–Crippen LogP) is 1.14. The van der Waals surface area contributed by atoms with Gasteiger partial charge in [-0.3, -0.25) is 0 Å². The standard InChI is InChI=1S/C13H27N3/c1-15-7-2-8-16(10-9-15)11-12-3-5-13(14)6-4-12/h12-13H,2-11,14H2,1H3. The molecule has 0 bridgehead atoms. The van der Waals surface area contributed by atoms with Crippen LogP contribution in [0.4, 0.5) is 0 Å². The van der Waals surface area contributed by atoms with Gasteiger partial charge in [-0.05, 0) is 58.2 Å². The van der Waals surface area contributed by atoms with Gasteiger partial charge in [0.2, 0.25) is 0 Å². The van der Waals surface area contributed by atoms with E-state index in [1.165, 1.54) is 64.8 Å². The van der Waals surface area contributed by atoms with E-state index in [1.807, 2.05) is 0 Å². The van der Waals surface area contributed by atoms with Crippen LogP contribution in [0.25, 0.3) is 0 Å². The van der Waals surface area contributed by atoms with Crippen molar-refractivity contribution < 1.29 is 0 Å². The van der Waals surface area contributed by atoms with E-state index in [9.17, 15) is 0 Å². The number of nitrogens with zero attached hydrogens (tertiary/aromatic N) is 2. The predicted molar refractivity (Wildman–Crippen MR) is 68.5 cm³/mol. The molecule has 2 rings (SSSR count). The molecule has 1 aliphatic carbocycles. The van der Waals surface area contributed by atoms with Crippen LogP contribution in [-0.2, 0) is 0 Å². The van der Waals surface area contributed by atoms with Gasteiger partial charge in [-0.15, -0.1) is 0 Å². The molecule has 0 amide bonds. The summed E-state index contributed by atoms with van der Waals surface area (Å²) in [4.78, 5) is 5.13. The summed E-state index contributed by atoms with van der Waals surface area (Å²) in [5, 5.41) is 0. The molecule has 3 heteroatoms. The second kappa shape index (κ2) is 5.99. The summed E-state index contributed by atoms with van der Waals surface area (Å²) in [6.07, 6.45) is 6.54. The van der Waals surface area contributed by atoms with Crippen molar-refractivity contribution in [3.8, 4) is 0 Å². The highest BCUT2D eigenvalue weighted by molar-refractivity contribution is 4.78. The zero-order valence-corrected chi connectivity index (χ0v) is 10.7. The van der Waals surface area contributed by atoms with Gasteiger partial charge >= 0.3 is 0 Å². The number of hydrogen-bond acceptors (Lipinski definition) is 3. The molecular weight excluding hydrogens is 198 g/mol. The van der Waals surface area contributed by atoms with Crippen LogP contribution in [0.1, 0.15) is 32.1 Å². The Hall–Kier alpha value is -0.120. The maximum Gasteiger partial charge on any atom is 0.0109 e. The highest BCUT2D eigenvalue weighted by Crippen LogP contribution is 2.24. The number of rotatable bonds is 2. The average molecular weight is 225 g/mol. The zero-order valence-electron chi connectivity index (χ0n) is 10.7. The minimum atomic E-state index is 0.492. The van der Waals surface area contributed by atoms with E-state index in [4.69, 9.17) is 5.73 Å². The first-order chi connectivity index (χ1) is 7.74. The van der Waals surface area contributed by atoms with Crippen molar-refractivity contribution in [1.29, 1.82) is 0 Å². The van der Waals surface area contributed by atoms with E-state index >= 15 is 0 Å². The first kappa shape index (κ1) is 12.3. The van der Waals surface area contributed by atoms with Crippen molar-refractivity contribution in [3.63, 3.8) is 0 Å². The van der Waals surface area contributed by atoms with Gasteiger partial charge in [0.15, 0.2) is 0 Å². The van der Waals surface area contributed by atoms with E-state index in [0.717, 1.165) is 5.92 Å². The maximum atomic E-state index is 5.95. The molecule has 2 N–H and O–H groups in total. The van der Waals surface area contributed by atoms with Crippen LogP contribution in [0.2, 0.25) is 0 Å². The molecular formula is C13H27N3. The fraction of sp³-hybridized carbons (Fsp3) is 1.00. The number of likely N-dealkylation sites (N-methyl/N-ethyl adjacent to an activating group) is 1. The highest BCUT2D eigenvalue weighted by atomic mass is 15.2. The second-order valence-corrected chi connectivity index (χ2v) is 5.74. The number of nitrogens with two attached hydrogens (primary N) is 1. The van der Waals surface area contributed by atoms with Crippen LogP contribution in [0.5, 0.6) is 0 Å². The van der Waals surface area contributed by atoms with E-state index in [1.54, 1.807) is 0 Å². The molecule has 0 aromatic rings. The van der Waals surface area contributed by atoms with E-state index in [-0.39, 0.29) is 0 Å². The molecule has 1 saturated heterocycles. The van der Waals surface area contributed by atoms with Crippen molar-refractivity contribution in [2.24, 2.45) is 11.7 Å². The van der Waals surface area contributed by atoms with Crippen LogP contribution >= 0.6 is 0 Å². The molecule has 3 nitrogen and oxygen atoms in total. The lowest BCUT2D eigenvalue weighted by molar-refractivity contribution is 0.198. The van der Waals surface area contributed by atoms with Crippen LogP contribution in [0, 0.1) is 5.92 Å². The lowest BCUT2D eigenvalue weighted by Crippen LogP contribution is -2.36. The van der Waals surface area contributed by atoms with E-state index < -0.39 is 0 Å². The van der Waals surface area contributed by atoms with Crippen molar-refractivity contribution in [2.75, 3.05) is 39.8 Å². The Balaban J connectivity index is 1.72. The van der Waals surface area contributed by atoms with Crippen molar-refractivity contribution in [3.05, 3.63) is 0 Å². The van der Waals surface area contributed by atoms with E-state index in [0.29, 0.717) is 6.04 Å². The molecule has 0 aromatic heterocycles. The Morgan fingerprint density at radius 1 is 1.00 bits per heavy atom. The van der Waals surface area contributed by atoms with Crippen LogP contribution in [-0.4, -0.2) is 55.6 Å². The Morgan fingerprint density at radius 3 is 2.50 bits per heavy atom. The third-order valence-electron chi connectivity index (χ3n) is 4.22. The summed E-state index contributed by atoms with van der Waals surface area (Å²) in [6.45, 7) is 6.39. The molecule has 0 radical (unpaired) electrons. The zero-order chi connectivity index (χ0) is 11.4. The highest BCUT2D eigenvalue weighted by Gasteiger charge is 2.21. The third kappa shape index (κ3) is 3.72. The number of hydrogen-bond donors (Lipinski definition) is 1. The molecule has 1 heterocycles. The van der Waals surface area contributed by atoms with Crippen molar-refractivity contribution >= 4 is 0 Å². The summed E-state index contributed by atoms with van der Waals surface area (Å²) < 4.78 is 0. The lowest BCUT2D eigenvalue weighted by Gasteiger charge is -2.31. The first-order valence-electron chi connectivity index (χ1n) is 6.90. The van der Waals surface area contributed by atoms with Crippen molar-refractivity contribution in [1.82, 2.24) is 9.80 Å². The molecule has 0 atom stereocenters. The maximum absolute atomic E-state index is 5.95. The lowest BCUT2D eigenvalue weighted by atomic mass is 9.86. The van der Waals surface area contributed by atoms with Gasteiger partial charge in [-0.25, -0.2) is 0 Å². The molecule has 0 unspecified atom stereocenters. The normalized spacial score (nSPS) is 34.9.